The Kier molecular flexibility index (Phi) is 4.74. The Bertz CT molecular complexity index is 971. The summed E-state index contributed by atoms with van der Waals surface area (Å²) in [4.78, 5) is 12.3. The number of phenols is 1. The Morgan fingerprint density at radius 3 is 2.85 bits per heavy atom. The van der Waals surface area contributed by atoms with Gasteiger partial charge in [0.2, 0.25) is 0 Å². The number of rotatable bonds is 5. The minimum Gasteiger partial charge on any atom is -0.504 e. The predicted molar refractivity (Wildman–Crippen MR) is 97.3 cm³/mol. The molecule has 0 aliphatic heterocycles. The summed E-state index contributed by atoms with van der Waals surface area (Å²) >= 11 is 0. The van der Waals surface area contributed by atoms with Crippen molar-refractivity contribution >= 4 is 11.6 Å². The van der Waals surface area contributed by atoms with E-state index in [0.29, 0.717) is 28.4 Å². The van der Waals surface area contributed by atoms with Crippen LogP contribution in [-0.4, -0.2) is 38.6 Å². The van der Waals surface area contributed by atoms with Gasteiger partial charge in [-0.2, -0.15) is 10.2 Å². The summed E-state index contributed by atoms with van der Waals surface area (Å²) in [6.45, 7) is 1.74. The number of hydrogen-bond donors (Lipinski definition) is 3. The maximum atomic E-state index is 12.3. The van der Waals surface area contributed by atoms with E-state index in [9.17, 15) is 9.90 Å². The third kappa shape index (κ3) is 3.44. The van der Waals surface area contributed by atoms with Crippen LogP contribution in [0, 0.1) is 0 Å². The summed E-state index contributed by atoms with van der Waals surface area (Å²) in [6.07, 6.45) is 1.91. The summed E-state index contributed by atoms with van der Waals surface area (Å²) in [7, 11) is 3.37. The second-order valence-electron chi connectivity index (χ2n) is 5.70. The van der Waals surface area contributed by atoms with Crippen LogP contribution in [0.25, 0.3) is 11.4 Å². The van der Waals surface area contributed by atoms with E-state index in [1.54, 1.807) is 25.1 Å². The zero-order chi connectivity index (χ0) is 18.7. The van der Waals surface area contributed by atoms with Crippen molar-refractivity contribution in [1.82, 2.24) is 20.2 Å². The molecule has 0 saturated carbocycles. The molecule has 2 aromatic heterocycles. The highest BCUT2D eigenvalue weighted by Gasteiger charge is 2.12. The van der Waals surface area contributed by atoms with Crippen LogP contribution in [0.5, 0.6) is 11.5 Å². The van der Waals surface area contributed by atoms with E-state index in [-0.39, 0.29) is 5.75 Å². The molecule has 0 fully saturated rings. The Hall–Kier alpha value is -3.55. The van der Waals surface area contributed by atoms with Crippen LogP contribution < -0.4 is 10.2 Å². The van der Waals surface area contributed by atoms with Crippen LogP contribution in [0.1, 0.15) is 23.0 Å². The van der Waals surface area contributed by atoms with Crippen LogP contribution in [-0.2, 0) is 7.05 Å². The molecule has 3 aromatic rings. The molecule has 26 heavy (non-hydrogen) atoms. The number of H-pyrrole nitrogens is 1. The fourth-order valence-electron chi connectivity index (χ4n) is 2.46. The summed E-state index contributed by atoms with van der Waals surface area (Å²) in [5.74, 6) is -0.0223. The SMILES string of the molecule is COc1cc(C(C)=NNC(=O)c2cc(-c3cccn3C)n[nH]2)ccc1O. The normalized spacial score (nSPS) is 11.4. The van der Waals surface area contributed by atoms with Crippen LogP contribution in [0.15, 0.2) is 47.7 Å². The van der Waals surface area contributed by atoms with Gasteiger partial charge in [0, 0.05) is 18.8 Å². The van der Waals surface area contributed by atoms with Crippen molar-refractivity contribution in [2.24, 2.45) is 12.1 Å². The number of nitrogens with one attached hydrogen (secondary N) is 2. The lowest BCUT2D eigenvalue weighted by Gasteiger charge is -2.06. The highest BCUT2D eigenvalue weighted by molar-refractivity contribution is 6.01. The molecule has 2 heterocycles. The molecule has 0 unspecified atom stereocenters. The second-order valence-corrected chi connectivity index (χ2v) is 5.70. The van der Waals surface area contributed by atoms with Crippen molar-refractivity contribution < 1.29 is 14.6 Å². The van der Waals surface area contributed by atoms with Crippen molar-refractivity contribution in [2.75, 3.05) is 7.11 Å². The number of aromatic nitrogens is 3. The van der Waals surface area contributed by atoms with E-state index in [4.69, 9.17) is 4.74 Å². The number of methoxy groups -OCH3 is 1. The third-order valence-electron chi connectivity index (χ3n) is 3.95. The number of nitrogens with zero attached hydrogens (tertiary/aromatic N) is 3. The molecule has 0 saturated heterocycles. The number of hydrazone groups is 1. The zero-order valence-electron chi connectivity index (χ0n) is 14.6. The number of hydrogen-bond acceptors (Lipinski definition) is 5. The van der Waals surface area contributed by atoms with E-state index in [1.165, 1.54) is 13.2 Å². The fraction of sp³-hybridized carbons (Fsp3) is 0.167. The van der Waals surface area contributed by atoms with Gasteiger partial charge in [0.1, 0.15) is 11.4 Å². The lowest BCUT2D eigenvalue weighted by molar-refractivity contribution is 0.0950. The first kappa shape index (κ1) is 17.3. The van der Waals surface area contributed by atoms with Crippen molar-refractivity contribution in [2.45, 2.75) is 6.92 Å². The largest absolute Gasteiger partial charge is 0.504 e. The first-order chi connectivity index (χ1) is 12.5. The van der Waals surface area contributed by atoms with Gasteiger partial charge in [0.05, 0.1) is 18.5 Å². The van der Waals surface area contributed by atoms with Gasteiger partial charge >= 0.3 is 0 Å². The molecule has 0 aliphatic rings. The average molecular weight is 353 g/mol. The quantitative estimate of drug-likeness (QED) is 0.483. The first-order valence-corrected chi connectivity index (χ1v) is 7.88. The molecule has 3 rings (SSSR count). The Morgan fingerprint density at radius 1 is 1.35 bits per heavy atom. The van der Waals surface area contributed by atoms with Gasteiger partial charge in [-0.25, -0.2) is 5.43 Å². The summed E-state index contributed by atoms with van der Waals surface area (Å²) in [5.41, 5.74) is 5.65. The molecule has 0 spiro atoms. The lowest BCUT2D eigenvalue weighted by Crippen LogP contribution is -2.19. The number of aryl methyl sites for hydroxylation is 1. The number of phenolic OH excluding ortho intramolecular Hbond substituents is 1. The molecule has 8 nitrogen and oxygen atoms in total. The summed E-state index contributed by atoms with van der Waals surface area (Å²) in [6, 6.07) is 10.3. The van der Waals surface area contributed by atoms with Gasteiger partial charge in [-0.1, -0.05) is 0 Å². The van der Waals surface area contributed by atoms with E-state index in [2.05, 4.69) is 20.7 Å². The van der Waals surface area contributed by atoms with Crippen molar-refractivity contribution in [3.05, 3.63) is 53.9 Å². The molecule has 1 amide bonds. The van der Waals surface area contributed by atoms with Crippen molar-refractivity contribution in [3.63, 3.8) is 0 Å². The van der Waals surface area contributed by atoms with Crippen LogP contribution in [0.3, 0.4) is 0 Å². The topological polar surface area (TPSA) is 105 Å². The molecular weight excluding hydrogens is 334 g/mol. The maximum Gasteiger partial charge on any atom is 0.289 e. The minimum absolute atomic E-state index is 0.0405. The van der Waals surface area contributed by atoms with Gasteiger partial charge in [-0.15, -0.1) is 0 Å². The van der Waals surface area contributed by atoms with Gasteiger partial charge in [-0.05, 0) is 43.3 Å². The first-order valence-electron chi connectivity index (χ1n) is 7.88. The van der Waals surface area contributed by atoms with E-state index in [1.807, 2.05) is 29.9 Å². The second kappa shape index (κ2) is 7.14. The van der Waals surface area contributed by atoms with Crippen molar-refractivity contribution in [1.29, 1.82) is 0 Å². The van der Waals surface area contributed by atoms with E-state index < -0.39 is 5.91 Å². The van der Waals surface area contributed by atoms with E-state index >= 15 is 0 Å². The number of aromatic hydroxyl groups is 1. The molecule has 8 heteroatoms. The van der Waals surface area contributed by atoms with Gasteiger partial charge in [0.15, 0.2) is 11.5 Å². The van der Waals surface area contributed by atoms with Crippen LogP contribution in [0.2, 0.25) is 0 Å². The van der Waals surface area contributed by atoms with Crippen LogP contribution >= 0.6 is 0 Å². The molecule has 1 aromatic carbocycles. The number of benzene rings is 1. The number of ether oxygens (including phenoxy) is 1. The minimum atomic E-state index is -0.400. The highest BCUT2D eigenvalue weighted by Crippen LogP contribution is 2.26. The highest BCUT2D eigenvalue weighted by atomic mass is 16.5. The summed E-state index contributed by atoms with van der Waals surface area (Å²) < 4.78 is 6.99. The summed E-state index contributed by atoms with van der Waals surface area (Å²) in [5, 5.41) is 20.6. The molecule has 3 N–H and O–H groups in total. The molecule has 0 aliphatic carbocycles. The fourth-order valence-corrected chi connectivity index (χ4v) is 2.46. The number of aromatic amines is 1. The van der Waals surface area contributed by atoms with Crippen LogP contribution in [0.4, 0.5) is 0 Å². The number of amides is 1. The number of carbonyl (C=O) groups is 1. The smallest absolute Gasteiger partial charge is 0.289 e. The molecular formula is C18H19N5O3. The molecule has 0 radical (unpaired) electrons. The maximum absolute atomic E-state index is 12.3. The molecule has 0 atom stereocenters. The van der Waals surface area contributed by atoms with Gasteiger partial charge in [0.25, 0.3) is 5.91 Å². The van der Waals surface area contributed by atoms with Crippen molar-refractivity contribution in [3.8, 4) is 22.9 Å². The van der Waals surface area contributed by atoms with E-state index in [0.717, 1.165) is 5.69 Å². The van der Waals surface area contributed by atoms with Gasteiger partial charge in [-0.3, -0.25) is 9.89 Å². The zero-order valence-corrected chi connectivity index (χ0v) is 14.6. The Morgan fingerprint density at radius 2 is 2.15 bits per heavy atom. The Labute approximate surface area is 150 Å². The standard InChI is InChI=1S/C18H19N5O3/c1-11(12-6-7-16(24)17(9-12)26-3)19-22-18(25)14-10-13(20-21-14)15-5-4-8-23(15)2/h4-10,24H,1-3H3,(H,20,21)(H,22,25). The third-order valence-corrected chi connectivity index (χ3v) is 3.95. The Balaban J connectivity index is 1.73. The monoisotopic (exact) mass is 353 g/mol. The van der Waals surface area contributed by atoms with Gasteiger partial charge < -0.3 is 14.4 Å². The molecule has 0 bridgehead atoms. The predicted octanol–water partition coefficient (Wildman–Crippen LogP) is 2.28. The average Bonchev–Trinajstić information content (AvgIpc) is 3.28. The molecule has 134 valence electrons. The number of carbonyl (C=O) groups excluding carboxylic acids is 1. The lowest BCUT2D eigenvalue weighted by atomic mass is 10.1.